The first-order valence-electron chi connectivity index (χ1n) is 6.76. The molecule has 114 valence electrons. The molecule has 0 atom stereocenters. The second kappa shape index (κ2) is 7.87. The average molecular weight is 336 g/mol. The van der Waals surface area contributed by atoms with E-state index < -0.39 is 0 Å². The van der Waals surface area contributed by atoms with Crippen LogP contribution in [0.3, 0.4) is 0 Å². The molecule has 0 aliphatic rings. The summed E-state index contributed by atoms with van der Waals surface area (Å²) in [6.07, 6.45) is 3.05. The number of anilines is 1. The van der Waals surface area contributed by atoms with Crippen LogP contribution in [0.2, 0.25) is 10.0 Å². The number of benzene rings is 2. The van der Waals surface area contributed by atoms with E-state index in [1.807, 2.05) is 19.1 Å². The molecule has 2 aromatic carbocycles. The van der Waals surface area contributed by atoms with Crippen LogP contribution in [0.5, 0.6) is 5.75 Å². The molecule has 0 aliphatic carbocycles. The molecule has 0 radical (unpaired) electrons. The van der Waals surface area contributed by atoms with Gasteiger partial charge in [0.2, 0.25) is 5.91 Å². The van der Waals surface area contributed by atoms with E-state index in [9.17, 15) is 4.79 Å². The number of rotatable bonds is 5. The van der Waals surface area contributed by atoms with Crippen LogP contribution in [0.25, 0.3) is 6.08 Å². The summed E-state index contributed by atoms with van der Waals surface area (Å²) in [7, 11) is 0. The summed E-state index contributed by atoms with van der Waals surface area (Å²) in [6, 6.07) is 12.4. The molecular formula is C17H15Cl2NO2. The predicted octanol–water partition coefficient (Wildman–Crippen LogP) is 5.04. The number of carbonyl (C=O) groups is 1. The maximum Gasteiger partial charge on any atom is 0.248 e. The number of carbonyl (C=O) groups excluding carboxylic acids is 1. The highest BCUT2D eigenvalue weighted by Crippen LogP contribution is 2.24. The van der Waals surface area contributed by atoms with E-state index in [0.29, 0.717) is 28.1 Å². The zero-order valence-corrected chi connectivity index (χ0v) is 13.5. The van der Waals surface area contributed by atoms with Crippen molar-refractivity contribution in [3.63, 3.8) is 0 Å². The number of hydrogen-bond acceptors (Lipinski definition) is 2. The van der Waals surface area contributed by atoms with Crippen molar-refractivity contribution in [3.8, 4) is 5.75 Å². The zero-order valence-electron chi connectivity index (χ0n) is 12.0. The minimum atomic E-state index is -0.266. The third kappa shape index (κ3) is 4.52. The van der Waals surface area contributed by atoms with Gasteiger partial charge in [-0.3, -0.25) is 4.79 Å². The molecule has 22 heavy (non-hydrogen) atoms. The van der Waals surface area contributed by atoms with Gasteiger partial charge in [-0.15, -0.1) is 0 Å². The molecule has 0 heterocycles. The lowest BCUT2D eigenvalue weighted by atomic mass is 10.2. The summed E-state index contributed by atoms with van der Waals surface area (Å²) < 4.78 is 5.46. The fourth-order valence-electron chi connectivity index (χ4n) is 1.83. The highest BCUT2D eigenvalue weighted by atomic mass is 35.5. The molecule has 0 spiro atoms. The minimum Gasteiger partial charge on any atom is -0.492 e. The van der Waals surface area contributed by atoms with E-state index in [1.165, 1.54) is 6.08 Å². The van der Waals surface area contributed by atoms with Gasteiger partial charge in [-0.25, -0.2) is 0 Å². The molecular weight excluding hydrogens is 321 g/mol. The molecule has 0 saturated carbocycles. The fraction of sp³-hybridized carbons (Fsp3) is 0.118. The first kappa shape index (κ1) is 16.4. The number of ether oxygens (including phenoxy) is 1. The van der Waals surface area contributed by atoms with Crippen LogP contribution in [0.15, 0.2) is 48.5 Å². The van der Waals surface area contributed by atoms with Gasteiger partial charge in [0.05, 0.1) is 12.3 Å². The first-order valence-corrected chi connectivity index (χ1v) is 7.51. The molecule has 0 aromatic heterocycles. The number of hydrogen-bond donors (Lipinski definition) is 1. The lowest BCUT2D eigenvalue weighted by Crippen LogP contribution is -2.09. The summed E-state index contributed by atoms with van der Waals surface area (Å²) in [5.74, 6) is 0.370. The predicted molar refractivity (Wildman–Crippen MR) is 91.7 cm³/mol. The lowest BCUT2D eigenvalue weighted by molar-refractivity contribution is -0.111. The lowest BCUT2D eigenvalue weighted by Gasteiger charge is -2.09. The van der Waals surface area contributed by atoms with Crippen LogP contribution in [0, 0.1) is 0 Å². The van der Waals surface area contributed by atoms with Gasteiger partial charge in [0, 0.05) is 16.1 Å². The SMILES string of the molecule is CCOc1ccccc1NC(=O)C=Cc1ccc(Cl)cc1Cl. The molecule has 2 aromatic rings. The van der Waals surface area contributed by atoms with Gasteiger partial charge in [0.1, 0.15) is 5.75 Å². The van der Waals surface area contributed by atoms with Crippen molar-refractivity contribution in [1.29, 1.82) is 0 Å². The Labute approximate surface area is 139 Å². The van der Waals surface area contributed by atoms with Crippen LogP contribution in [0.4, 0.5) is 5.69 Å². The molecule has 0 bridgehead atoms. The van der Waals surface area contributed by atoms with Crippen molar-refractivity contribution in [2.75, 3.05) is 11.9 Å². The monoisotopic (exact) mass is 335 g/mol. The van der Waals surface area contributed by atoms with Crippen LogP contribution >= 0.6 is 23.2 Å². The van der Waals surface area contributed by atoms with Crippen molar-refractivity contribution in [1.82, 2.24) is 0 Å². The Hall–Kier alpha value is -1.97. The Morgan fingerprint density at radius 3 is 2.73 bits per heavy atom. The molecule has 0 saturated heterocycles. The van der Waals surface area contributed by atoms with Crippen molar-refractivity contribution in [3.05, 3.63) is 64.1 Å². The van der Waals surface area contributed by atoms with Gasteiger partial charge in [0.15, 0.2) is 0 Å². The maximum atomic E-state index is 12.0. The molecule has 3 nitrogen and oxygen atoms in total. The molecule has 0 aliphatic heterocycles. The van der Waals surface area contributed by atoms with Crippen molar-refractivity contribution in [2.45, 2.75) is 6.92 Å². The van der Waals surface area contributed by atoms with Crippen LogP contribution in [0.1, 0.15) is 12.5 Å². The highest BCUT2D eigenvalue weighted by molar-refractivity contribution is 6.35. The van der Waals surface area contributed by atoms with Crippen LogP contribution < -0.4 is 10.1 Å². The van der Waals surface area contributed by atoms with Gasteiger partial charge in [-0.1, -0.05) is 41.4 Å². The van der Waals surface area contributed by atoms with E-state index in [1.54, 1.807) is 36.4 Å². The summed E-state index contributed by atoms with van der Waals surface area (Å²) in [5.41, 5.74) is 1.35. The summed E-state index contributed by atoms with van der Waals surface area (Å²) >= 11 is 11.9. The summed E-state index contributed by atoms with van der Waals surface area (Å²) in [6.45, 7) is 2.42. The second-order valence-corrected chi connectivity index (χ2v) is 5.26. The Kier molecular flexibility index (Phi) is 5.87. The maximum absolute atomic E-state index is 12.0. The van der Waals surface area contributed by atoms with E-state index in [0.717, 1.165) is 5.56 Å². The van der Waals surface area contributed by atoms with Crippen LogP contribution in [-0.2, 0) is 4.79 Å². The molecule has 0 fully saturated rings. The van der Waals surface area contributed by atoms with E-state index in [-0.39, 0.29) is 5.91 Å². The van der Waals surface area contributed by atoms with Gasteiger partial charge in [-0.2, -0.15) is 0 Å². The average Bonchev–Trinajstić information content (AvgIpc) is 2.48. The Morgan fingerprint density at radius 1 is 1.23 bits per heavy atom. The second-order valence-electron chi connectivity index (χ2n) is 4.42. The molecule has 0 unspecified atom stereocenters. The number of nitrogens with one attached hydrogen (secondary N) is 1. The third-order valence-electron chi connectivity index (χ3n) is 2.82. The fourth-order valence-corrected chi connectivity index (χ4v) is 2.30. The van der Waals surface area contributed by atoms with Crippen molar-refractivity contribution in [2.24, 2.45) is 0 Å². The van der Waals surface area contributed by atoms with Crippen molar-refractivity contribution >= 4 is 40.9 Å². The molecule has 5 heteroatoms. The standard InChI is InChI=1S/C17H15Cl2NO2/c1-2-22-16-6-4-3-5-15(16)20-17(21)10-8-12-7-9-13(18)11-14(12)19/h3-11H,2H2,1H3,(H,20,21). The topological polar surface area (TPSA) is 38.3 Å². The van der Waals surface area contributed by atoms with Gasteiger partial charge < -0.3 is 10.1 Å². The summed E-state index contributed by atoms with van der Waals surface area (Å²) in [5, 5.41) is 3.82. The van der Waals surface area contributed by atoms with Crippen molar-refractivity contribution < 1.29 is 9.53 Å². The molecule has 2 rings (SSSR count). The summed E-state index contributed by atoms with van der Waals surface area (Å²) in [4.78, 5) is 12.0. The first-order chi connectivity index (χ1) is 10.6. The Balaban J connectivity index is 2.08. The number of para-hydroxylation sites is 2. The third-order valence-corrected chi connectivity index (χ3v) is 3.38. The van der Waals surface area contributed by atoms with Gasteiger partial charge in [0.25, 0.3) is 0 Å². The number of amides is 1. The van der Waals surface area contributed by atoms with Gasteiger partial charge >= 0.3 is 0 Å². The highest BCUT2D eigenvalue weighted by Gasteiger charge is 2.05. The number of halogens is 2. The van der Waals surface area contributed by atoms with E-state index >= 15 is 0 Å². The van der Waals surface area contributed by atoms with Crippen LogP contribution in [-0.4, -0.2) is 12.5 Å². The Morgan fingerprint density at radius 2 is 2.00 bits per heavy atom. The smallest absolute Gasteiger partial charge is 0.248 e. The minimum absolute atomic E-state index is 0.266. The zero-order chi connectivity index (χ0) is 15.9. The molecule has 1 N–H and O–H groups in total. The molecule has 1 amide bonds. The normalized spacial score (nSPS) is 10.7. The van der Waals surface area contributed by atoms with E-state index in [4.69, 9.17) is 27.9 Å². The van der Waals surface area contributed by atoms with Gasteiger partial charge in [-0.05, 0) is 42.8 Å². The Bertz CT molecular complexity index is 699. The van der Waals surface area contributed by atoms with E-state index in [2.05, 4.69) is 5.32 Å². The quantitative estimate of drug-likeness (QED) is 0.777. The largest absolute Gasteiger partial charge is 0.492 e.